The van der Waals surface area contributed by atoms with Crippen LogP contribution in [0.1, 0.15) is 37.7 Å². The van der Waals surface area contributed by atoms with E-state index in [1.165, 1.54) is 5.41 Å². The number of aromatic nitrogens is 2. The largest absolute Gasteiger partial charge is 0.356 e. The molecular formula is C17H26N4O2S. The topological polar surface area (TPSA) is 75.2 Å². The third kappa shape index (κ3) is 4.33. The van der Waals surface area contributed by atoms with E-state index in [1.807, 2.05) is 6.92 Å². The molecule has 0 aliphatic carbocycles. The molecule has 7 heteroatoms. The van der Waals surface area contributed by atoms with Crippen LogP contribution in [0.25, 0.3) is 0 Å². The second kappa shape index (κ2) is 7.19. The smallest absolute Gasteiger partial charge is 0.173 e. The monoisotopic (exact) mass is 350 g/mol. The van der Waals surface area contributed by atoms with Crippen molar-refractivity contribution >= 4 is 15.7 Å². The van der Waals surface area contributed by atoms with Crippen molar-refractivity contribution in [3.8, 4) is 0 Å². The molecule has 0 unspecified atom stereocenters. The number of nitrogens with zero attached hydrogens (tertiary/aromatic N) is 3. The Morgan fingerprint density at radius 1 is 1.29 bits per heavy atom. The number of nitrogens with one attached hydrogen (secondary N) is 1. The highest BCUT2D eigenvalue weighted by molar-refractivity contribution is 7.94. The van der Waals surface area contributed by atoms with Crippen molar-refractivity contribution in [2.75, 3.05) is 23.7 Å². The first kappa shape index (κ1) is 17.4. The minimum absolute atomic E-state index is 0.0380. The van der Waals surface area contributed by atoms with Crippen molar-refractivity contribution in [1.82, 2.24) is 15.3 Å². The van der Waals surface area contributed by atoms with E-state index in [4.69, 9.17) is 4.98 Å². The van der Waals surface area contributed by atoms with Crippen LogP contribution in [0.3, 0.4) is 0 Å². The lowest BCUT2D eigenvalue weighted by atomic mass is 10.0. The SMILES string of the molecule is CCCc1nc(C)cc(N2CCC(N[C@@H]3C=CS(=O)(=O)C3)CC2)n1. The highest BCUT2D eigenvalue weighted by atomic mass is 32.2. The normalized spacial score (nSPS) is 23.8. The van der Waals surface area contributed by atoms with E-state index in [0.717, 1.165) is 56.1 Å². The standard InChI is InChI=1S/C17H26N4O2S/c1-3-4-16-18-13(2)11-17(20-16)21-8-5-14(6-9-21)19-15-7-10-24(22,23)12-15/h7,10-11,14-15,19H,3-6,8-9,12H2,1-2H3/t15-/m1/s1. The van der Waals surface area contributed by atoms with Crippen LogP contribution in [0.2, 0.25) is 0 Å². The van der Waals surface area contributed by atoms with Crippen LogP contribution in [0, 0.1) is 6.92 Å². The average Bonchev–Trinajstić information content (AvgIpc) is 2.86. The molecule has 3 rings (SSSR count). The van der Waals surface area contributed by atoms with Crippen molar-refractivity contribution < 1.29 is 8.42 Å². The van der Waals surface area contributed by atoms with Crippen molar-refractivity contribution in [1.29, 1.82) is 0 Å². The van der Waals surface area contributed by atoms with Gasteiger partial charge in [-0.05, 0) is 26.2 Å². The van der Waals surface area contributed by atoms with Crippen molar-refractivity contribution in [2.45, 2.75) is 51.6 Å². The second-order valence-corrected chi connectivity index (χ2v) is 8.66. The van der Waals surface area contributed by atoms with Crippen molar-refractivity contribution in [3.05, 3.63) is 29.1 Å². The van der Waals surface area contributed by atoms with Gasteiger partial charge in [0.05, 0.1) is 5.75 Å². The van der Waals surface area contributed by atoms with Crippen LogP contribution in [-0.4, -0.2) is 49.3 Å². The number of rotatable bonds is 5. The van der Waals surface area contributed by atoms with E-state index in [-0.39, 0.29) is 11.8 Å². The predicted octanol–water partition coefficient (Wildman–Crippen LogP) is 1.61. The molecule has 0 radical (unpaired) electrons. The van der Waals surface area contributed by atoms with Gasteiger partial charge in [0.15, 0.2) is 9.84 Å². The Bertz CT molecular complexity index is 709. The van der Waals surface area contributed by atoms with Crippen LogP contribution in [-0.2, 0) is 16.3 Å². The van der Waals surface area contributed by atoms with E-state index >= 15 is 0 Å². The lowest BCUT2D eigenvalue weighted by molar-refractivity contribution is 0.400. The highest BCUT2D eigenvalue weighted by Gasteiger charge is 2.26. The first-order valence-electron chi connectivity index (χ1n) is 8.71. The van der Waals surface area contributed by atoms with Gasteiger partial charge in [-0.3, -0.25) is 0 Å². The molecule has 132 valence electrons. The Labute approximate surface area is 144 Å². The fourth-order valence-electron chi connectivity index (χ4n) is 3.37. The Balaban J connectivity index is 1.56. The third-order valence-electron chi connectivity index (χ3n) is 4.56. The maximum atomic E-state index is 11.5. The van der Waals surface area contributed by atoms with Gasteiger partial charge in [-0.2, -0.15) is 0 Å². The van der Waals surface area contributed by atoms with Gasteiger partial charge in [-0.25, -0.2) is 18.4 Å². The summed E-state index contributed by atoms with van der Waals surface area (Å²) in [5, 5.41) is 4.80. The minimum Gasteiger partial charge on any atom is -0.356 e. The first-order valence-corrected chi connectivity index (χ1v) is 10.4. The number of sulfone groups is 1. The van der Waals surface area contributed by atoms with Crippen LogP contribution in [0.5, 0.6) is 0 Å². The van der Waals surface area contributed by atoms with Gasteiger partial charge in [0.1, 0.15) is 11.6 Å². The summed E-state index contributed by atoms with van der Waals surface area (Å²) in [5.41, 5.74) is 1.02. The molecule has 6 nitrogen and oxygen atoms in total. The summed E-state index contributed by atoms with van der Waals surface area (Å²) in [6.45, 7) is 6.03. The minimum atomic E-state index is -2.99. The summed E-state index contributed by atoms with van der Waals surface area (Å²) in [6.07, 6.45) is 5.72. The van der Waals surface area contributed by atoms with Crippen molar-refractivity contribution in [2.24, 2.45) is 0 Å². The van der Waals surface area contributed by atoms with Gasteiger partial charge in [-0.15, -0.1) is 0 Å². The molecule has 0 amide bonds. The van der Waals surface area contributed by atoms with E-state index in [1.54, 1.807) is 6.08 Å². The Morgan fingerprint density at radius 2 is 2.04 bits per heavy atom. The van der Waals surface area contributed by atoms with E-state index in [9.17, 15) is 8.42 Å². The molecule has 1 aromatic heterocycles. The van der Waals surface area contributed by atoms with E-state index in [0.29, 0.717) is 6.04 Å². The molecule has 24 heavy (non-hydrogen) atoms. The summed E-state index contributed by atoms with van der Waals surface area (Å²) in [4.78, 5) is 11.5. The van der Waals surface area contributed by atoms with Gasteiger partial charge in [0.25, 0.3) is 0 Å². The molecule has 1 aromatic rings. The second-order valence-electron chi connectivity index (χ2n) is 6.73. The van der Waals surface area contributed by atoms with Crippen LogP contribution < -0.4 is 10.2 Å². The van der Waals surface area contributed by atoms with Gasteiger partial charge in [0, 0.05) is 48.8 Å². The molecule has 0 aromatic carbocycles. The summed E-state index contributed by atoms with van der Waals surface area (Å²) in [7, 11) is -2.99. The number of hydrogen-bond donors (Lipinski definition) is 1. The molecular weight excluding hydrogens is 324 g/mol. The number of anilines is 1. The maximum absolute atomic E-state index is 11.5. The average molecular weight is 350 g/mol. The first-order chi connectivity index (χ1) is 11.4. The maximum Gasteiger partial charge on any atom is 0.173 e. The summed E-state index contributed by atoms with van der Waals surface area (Å²) in [6, 6.07) is 2.38. The van der Waals surface area contributed by atoms with Crippen LogP contribution >= 0.6 is 0 Å². The van der Waals surface area contributed by atoms with E-state index in [2.05, 4.69) is 28.2 Å². The van der Waals surface area contributed by atoms with Crippen LogP contribution in [0.4, 0.5) is 5.82 Å². The van der Waals surface area contributed by atoms with Crippen molar-refractivity contribution in [3.63, 3.8) is 0 Å². The highest BCUT2D eigenvalue weighted by Crippen LogP contribution is 2.20. The zero-order valence-corrected chi connectivity index (χ0v) is 15.2. The molecule has 1 atom stereocenters. The molecule has 2 aliphatic rings. The molecule has 3 heterocycles. The molecule has 0 spiro atoms. The molecule has 1 fully saturated rings. The fraction of sp³-hybridized carbons (Fsp3) is 0.647. The lowest BCUT2D eigenvalue weighted by Gasteiger charge is -2.34. The van der Waals surface area contributed by atoms with Gasteiger partial charge in [0.2, 0.25) is 0 Å². The number of aryl methyl sites for hydroxylation is 2. The van der Waals surface area contributed by atoms with E-state index < -0.39 is 9.84 Å². The summed E-state index contributed by atoms with van der Waals surface area (Å²) < 4.78 is 23.0. The summed E-state index contributed by atoms with van der Waals surface area (Å²) in [5.74, 6) is 2.14. The summed E-state index contributed by atoms with van der Waals surface area (Å²) >= 11 is 0. The Hall–Kier alpha value is -1.47. The quantitative estimate of drug-likeness (QED) is 0.869. The van der Waals surface area contributed by atoms with Crippen LogP contribution in [0.15, 0.2) is 17.6 Å². The Morgan fingerprint density at radius 3 is 2.67 bits per heavy atom. The van der Waals surface area contributed by atoms with Gasteiger partial charge >= 0.3 is 0 Å². The predicted molar refractivity (Wildman–Crippen MR) is 95.8 cm³/mol. The van der Waals surface area contributed by atoms with Gasteiger partial charge < -0.3 is 10.2 Å². The zero-order chi connectivity index (χ0) is 17.2. The molecule has 1 saturated heterocycles. The fourth-order valence-corrected chi connectivity index (χ4v) is 4.62. The number of hydrogen-bond acceptors (Lipinski definition) is 6. The zero-order valence-electron chi connectivity index (χ0n) is 14.4. The van der Waals surface area contributed by atoms with Gasteiger partial charge in [-0.1, -0.05) is 13.0 Å². The molecule has 1 N–H and O–H groups in total. The lowest BCUT2D eigenvalue weighted by Crippen LogP contribution is -2.46. The third-order valence-corrected chi connectivity index (χ3v) is 5.95. The Kier molecular flexibility index (Phi) is 5.20. The molecule has 0 saturated carbocycles. The molecule has 0 bridgehead atoms. The molecule has 2 aliphatic heterocycles. The number of piperidine rings is 1.